The first-order chi connectivity index (χ1) is 12.4. The third-order valence-electron chi connectivity index (χ3n) is 5.15. The number of hydrogen-bond donors (Lipinski definition) is 1. The fraction of sp³-hybridized carbons (Fsp3) is 0.421. The van der Waals surface area contributed by atoms with Gasteiger partial charge < -0.3 is 14.8 Å². The Bertz CT molecular complexity index is 973. The molecule has 1 aliphatic carbocycles. The van der Waals surface area contributed by atoms with Crippen LogP contribution in [0.1, 0.15) is 44.1 Å². The fourth-order valence-electron chi connectivity index (χ4n) is 4.11. The highest BCUT2D eigenvalue weighted by atomic mass is 16.7. The number of aryl methyl sites for hydroxylation is 1. The van der Waals surface area contributed by atoms with Crippen molar-refractivity contribution in [3.8, 4) is 11.5 Å². The molecular weight excluding hydrogens is 332 g/mol. The summed E-state index contributed by atoms with van der Waals surface area (Å²) in [6.07, 6.45) is 1.33. The Morgan fingerprint density at radius 2 is 2.04 bits per heavy atom. The van der Waals surface area contributed by atoms with E-state index in [0.717, 1.165) is 29.0 Å². The predicted octanol–water partition coefficient (Wildman–Crippen LogP) is 2.97. The van der Waals surface area contributed by atoms with Gasteiger partial charge >= 0.3 is 0 Å². The highest BCUT2D eigenvalue weighted by molar-refractivity contribution is 6.00. The number of anilines is 1. The molecule has 0 spiro atoms. The maximum Gasteiger partial charge on any atom is 0.231 e. The maximum atomic E-state index is 13.1. The largest absolute Gasteiger partial charge is 0.454 e. The first-order valence-electron chi connectivity index (χ1n) is 8.77. The van der Waals surface area contributed by atoms with Crippen LogP contribution in [0.4, 0.5) is 5.95 Å². The van der Waals surface area contributed by atoms with E-state index in [1.165, 1.54) is 0 Å². The highest BCUT2D eigenvalue weighted by Gasteiger charge is 2.42. The summed E-state index contributed by atoms with van der Waals surface area (Å²) in [6.45, 7) is 6.32. The summed E-state index contributed by atoms with van der Waals surface area (Å²) in [5, 5.41) is 7.90. The topological polar surface area (TPSA) is 78.3 Å². The molecule has 1 unspecified atom stereocenters. The summed E-state index contributed by atoms with van der Waals surface area (Å²) in [4.78, 5) is 17.6. The second-order valence-electron chi connectivity index (χ2n) is 7.90. The SMILES string of the molecule is Cc1nc2n(n1)C(c1ccc3c(c1)OCO3)C1=C(CC(C)(C)CC1=O)N2. The fourth-order valence-corrected chi connectivity index (χ4v) is 4.11. The lowest BCUT2D eigenvalue weighted by molar-refractivity contribution is -0.118. The molecule has 7 heteroatoms. The Kier molecular flexibility index (Phi) is 3.02. The summed E-state index contributed by atoms with van der Waals surface area (Å²) < 4.78 is 12.8. The van der Waals surface area contributed by atoms with E-state index in [4.69, 9.17) is 9.47 Å². The van der Waals surface area contributed by atoms with Crippen LogP contribution in [0.2, 0.25) is 0 Å². The highest BCUT2D eigenvalue weighted by Crippen LogP contribution is 2.46. The number of rotatable bonds is 1. The molecule has 0 bridgehead atoms. The molecule has 1 aromatic heterocycles. The van der Waals surface area contributed by atoms with Crippen LogP contribution in [0.25, 0.3) is 0 Å². The van der Waals surface area contributed by atoms with Gasteiger partial charge in [-0.25, -0.2) is 4.68 Å². The van der Waals surface area contributed by atoms with Crippen molar-refractivity contribution in [2.24, 2.45) is 5.41 Å². The van der Waals surface area contributed by atoms with Gasteiger partial charge in [0, 0.05) is 17.7 Å². The van der Waals surface area contributed by atoms with Crippen molar-refractivity contribution in [1.29, 1.82) is 0 Å². The summed E-state index contributed by atoms with van der Waals surface area (Å²) >= 11 is 0. The zero-order valence-corrected chi connectivity index (χ0v) is 15.0. The molecule has 3 aliphatic rings. The van der Waals surface area contributed by atoms with Crippen molar-refractivity contribution in [2.45, 2.75) is 39.7 Å². The van der Waals surface area contributed by atoms with Crippen LogP contribution in [0.5, 0.6) is 11.5 Å². The van der Waals surface area contributed by atoms with E-state index in [1.54, 1.807) is 0 Å². The lowest BCUT2D eigenvalue weighted by atomic mass is 9.73. The number of benzene rings is 1. The van der Waals surface area contributed by atoms with Crippen molar-refractivity contribution < 1.29 is 14.3 Å². The van der Waals surface area contributed by atoms with E-state index >= 15 is 0 Å². The van der Waals surface area contributed by atoms with Gasteiger partial charge in [-0.1, -0.05) is 19.9 Å². The summed E-state index contributed by atoms with van der Waals surface area (Å²) in [6, 6.07) is 5.50. The van der Waals surface area contributed by atoms with Crippen LogP contribution in [-0.2, 0) is 4.79 Å². The molecule has 0 saturated heterocycles. The molecule has 0 fully saturated rings. The minimum Gasteiger partial charge on any atom is -0.454 e. The van der Waals surface area contributed by atoms with E-state index in [-0.39, 0.29) is 24.0 Å². The lowest BCUT2D eigenvalue weighted by Gasteiger charge is -2.38. The van der Waals surface area contributed by atoms with Crippen molar-refractivity contribution in [1.82, 2.24) is 14.8 Å². The van der Waals surface area contributed by atoms with Gasteiger partial charge in [0.15, 0.2) is 17.3 Å². The number of nitrogens with one attached hydrogen (secondary N) is 1. The van der Waals surface area contributed by atoms with Crippen molar-refractivity contribution in [3.05, 3.63) is 40.9 Å². The molecule has 0 radical (unpaired) electrons. The molecule has 1 N–H and O–H groups in total. The molecule has 134 valence electrons. The van der Waals surface area contributed by atoms with Crippen LogP contribution in [0.15, 0.2) is 29.5 Å². The van der Waals surface area contributed by atoms with Gasteiger partial charge in [0.25, 0.3) is 0 Å². The minimum atomic E-state index is -0.305. The van der Waals surface area contributed by atoms with Crippen LogP contribution in [-0.4, -0.2) is 27.3 Å². The number of ketones is 1. The van der Waals surface area contributed by atoms with Crippen molar-refractivity contribution in [3.63, 3.8) is 0 Å². The summed E-state index contributed by atoms with van der Waals surface area (Å²) in [5.74, 6) is 2.93. The van der Waals surface area contributed by atoms with Crippen LogP contribution < -0.4 is 14.8 Å². The number of nitrogens with zero attached hydrogens (tertiary/aromatic N) is 3. The second kappa shape index (κ2) is 5.09. The average molecular weight is 352 g/mol. The smallest absolute Gasteiger partial charge is 0.231 e. The number of carbonyl (C=O) groups is 1. The van der Waals surface area contributed by atoms with Crippen molar-refractivity contribution in [2.75, 3.05) is 12.1 Å². The summed E-state index contributed by atoms with van der Waals surface area (Å²) in [5.41, 5.74) is 2.61. The number of hydrogen-bond acceptors (Lipinski definition) is 6. The predicted molar refractivity (Wildman–Crippen MR) is 94.1 cm³/mol. The average Bonchev–Trinajstić information content (AvgIpc) is 3.16. The lowest BCUT2D eigenvalue weighted by Crippen LogP contribution is -2.36. The molecule has 2 aliphatic heterocycles. The van der Waals surface area contributed by atoms with Gasteiger partial charge in [-0.05, 0) is 36.5 Å². The van der Waals surface area contributed by atoms with Crippen LogP contribution in [0.3, 0.4) is 0 Å². The van der Waals surface area contributed by atoms with Gasteiger partial charge in [0.2, 0.25) is 12.7 Å². The van der Waals surface area contributed by atoms with Gasteiger partial charge in [-0.2, -0.15) is 10.1 Å². The minimum absolute atomic E-state index is 0.0699. The molecule has 26 heavy (non-hydrogen) atoms. The van der Waals surface area contributed by atoms with E-state index in [1.807, 2.05) is 29.8 Å². The molecule has 5 rings (SSSR count). The van der Waals surface area contributed by atoms with Crippen molar-refractivity contribution >= 4 is 11.7 Å². The Morgan fingerprint density at radius 1 is 1.23 bits per heavy atom. The first-order valence-corrected chi connectivity index (χ1v) is 8.77. The second-order valence-corrected chi connectivity index (χ2v) is 7.90. The number of aromatic nitrogens is 3. The van der Waals surface area contributed by atoms with E-state index in [2.05, 4.69) is 29.2 Å². The normalized spacial score (nSPS) is 22.7. The third-order valence-corrected chi connectivity index (χ3v) is 5.15. The molecule has 0 amide bonds. The molecule has 7 nitrogen and oxygen atoms in total. The van der Waals surface area contributed by atoms with Crippen LogP contribution in [0, 0.1) is 12.3 Å². The van der Waals surface area contributed by atoms with E-state index in [9.17, 15) is 4.79 Å². The van der Waals surface area contributed by atoms with E-state index in [0.29, 0.717) is 23.9 Å². The Hall–Kier alpha value is -2.83. The van der Waals surface area contributed by atoms with Gasteiger partial charge in [0.1, 0.15) is 11.9 Å². The van der Waals surface area contributed by atoms with E-state index < -0.39 is 0 Å². The van der Waals surface area contributed by atoms with Gasteiger partial charge in [-0.15, -0.1) is 0 Å². The quantitative estimate of drug-likeness (QED) is 0.850. The monoisotopic (exact) mass is 352 g/mol. The number of allylic oxidation sites excluding steroid dienone is 2. The zero-order valence-electron chi connectivity index (χ0n) is 15.0. The Balaban J connectivity index is 1.70. The summed E-state index contributed by atoms with van der Waals surface area (Å²) in [7, 11) is 0. The number of fused-ring (bicyclic) bond motifs is 2. The number of ether oxygens (including phenoxy) is 2. The Labute approximate surface area is 151 Å². The maximum absolute atomic E-state index is 13.1. The number of carbonyl (C=O) groups excluding carboxylic acids is 1. The molecule has 3 heterocycles. The molecule has 2 aromatic rings. The first kappa shape index (κ1) is 15.4. The third kappa shape index (κ3) is 2.23. The molecule has 1 aromatic carbocycles. The molecule has 1 atom stereocenters. The number of Topliss-reactive ketones (excluding diaryl/α,β-unsaturated/α-hetero) is 1. The Morgan fingerprint density at radius 3 is 2.88 bits per heavy atom. The standard InChI is InChI=1S/C19H20N4O3/c1-10-20-18-21-12-7-19(2,3)8-13(24)16(12)17(23(18)22-10)11-4-5-14-15(6-11)26-9-25-14/h4-6,17H,7-9H2,1-3H3,(H,20,21,22). The zero-order chi connectivity index (χ0) is 18.1. The van der Waals surface area contributed by atoms with Crippen LogP contribution >= 0.6 is 0 Å². The molecular formula is C19H20N4O3. The molecule has 0 saturated carbocycles. The van der Waals surface area contributed by atoms with Gasteiger partial charge in [-0.3, -0.25) is 4.79 Å². The van der Waals surface area contributed by atoms with Gasteiger partial charge in [0.05, 0.1) is 0 Å².